The maximum Gasteiger partial charge on any atom is 0.451 e. The van der Waals surface area contributed by atoms with E-state index in [1.165, 1.54) is 0 Å². The normalized spacial score (nSPS) is 12.8. The number of hydrogen-bond donors (Lipinski definition) is 0. The molecule has 0 saturated heterocycles. The van der Waals surface area contributed by atoms with E-state index in [-0.39, 0.29) is 29.6 Å². The topological polar surface area (TPSA) is 52.1 Å². The van der Waals surface area contributed by atoms with Gasteiger partial charge in [0.1, 0.15) is 5.60 Å². The maximum absolute atomic E-state index is 13.1. The molecule has 0 bridgehead atoms. The number of hydrogen-bond acceptors (Lipinski definition) is 4. The van der Waals surface area contributed by atoms with Crippen molar-refractivity contribution < 1.29 is 22.7 Å². The van der Waals surface area contributed by atoms with Crippen molar-refractivity contribution in [2.75, 3.05) is 0 Å². The summed E-state index contributed by atoms with van der Waals surface area (Å²) in [6.07, 6.45) is -4.77. The Morgan fingerprint density at radius 1 is 1.00 bits per heavy atom. The van der Waals surface area contributed by atoms with E-state index in [2.05, 4.69) is 9.97 Å². The molecular formula is C17H25F3N2O2. The smallest absolute Gasteiger partial charge is 0.451 e. The number of halogens is 3. The number of esters is 1. The number of rotatable bonds is 4. The molecule has 136 valence electrons. The van der Waals surface area contributed by atoms with E-state index in [0.29, 0.717) is 5.56 Å². The second kappa shape index (κ2) is 7.07. The third-order valence-electron chi connectivity index (χ3n) is 3.16. The fourth-order valence-electron chi connectivity index (χ4n) is 2.30. The van der Waals surface area contributed by atoms with Gasteiger partial charge in [-0.25, -0.2) is 9.97 Å². The Bertz CT molecular complexity index is 574. The summed E-state index contributed by atoms with van der Waals surface area (Å²) in [4.78, 5) is 19.5. The van der Waals surface area contributed by atoms with Crippen molar-refractivity contribution in [3.63, 3.8) is 0 Å². The first-order chi connectivity index (χ1) is 10.7. The second-order valence-corrected chi connectivity index (χ2v) is 7.37. The average Bonchev–Trinajstić information content (AvgIpc) is 2.34. The Hall–Kier alpha value is -1.66. The lowest BCUT2D eigenvalue weighted by Gasteiger charge is -2.22. The largest absolute Gasteiger partial charge is 0.460 e. The molecule has 0 fully saturated rings. The predicted molar refractivity (Wildman–Crippen MR) is 84.8 cm³/mol. The van der Waals surface area contributed by atoms with Gasteiger partial charge in [-0.3, -0.25) is 4.79 Å². The molecule has 0 atom stereocenters. The van der Waals surface area contributed by atoms with Gasteiger partial charge in [0, 0.05) is 5.56 Å². The average molecular weight is 346 g/mol. The van der Waals surface area contributed by atoms with Crippen molar-refractivity contribution in [2.45, 2.75) is 78.5 Å². The van der Waals surface area contributed by atoms with Crippen LogP contribution in [0.2, 0.25) is 0 Å². The number of nitrogens with zero attached hydrogens (tertiary/aromatic N) is 2. The summed E-state index contributed by atoms with van der Waals surface area (Å²) in [5.74, 6) is -2.22. The van der Waals surface area contributed by atoms with Gasteiger partial charge in [0.05, 0.1) is 17.8 Å². The van der Waals surface area contributed by atoms with Crippen LogP contribution < -0.4 is 0 Å². The second-order valence-electron chi connectivity index (χ2n) is 7.37. The zero-order valence-corrected chi connectivity index (χ0v) is 15.2. The monoisotopic (exact) mass is 346 g/mol. The summed E-state index contributed by atoms with van der Waals surface area (Å²) in [6.45, 7) is 12.2. The zero-order valence-electron chi connectivity index (χ0n) is 15.2. The third-order valence-corrected chi connectivity index (χ3v) is 3.16. The van der Waals surface area contributed by atoms with Crippen molar-refractivity contribution in [3.05, 3.63) is 22.8 Å². The summed E-state index contributed by atoms with van der Waals surface area (Å²) in [7, 11) is 0. The third kappa shape index (κ3) is 5.46. The molecule has 1 heterocycles. The highest BCUT2D eigenvalue weighted by Gasteiger charge is 2.37. The number of ether oxygens (including phenoxy) is 1. The summed E-state index contributed by atoms with van der Waals surface area (Å²) >= 11 is 0. The first-order valence-corrected chi connectivity index (χ1v) is 7.92. The Kier molecular flexibility index (Phi) is 6.00. The molecule has 0 N–H and O–H groups in total. The molecule has 0 aliphatic heterocycles. The van der Waals surface area contributed by atoms with E-state index < -0.39 is 23.6 Å². The fraction of sp³-hybridized carbons (Fsp3) is 0.706. The lowest BCUT2D eigenvalue weighted by Crippen LogP contribution is -2.26. The number of aromatic nitrogens is 2. The minimum absolute atomic E-state index is 0.142. The molecule has 0 radical (unpaired) electrons. The van der Waals surface area contributed by atoms with Crippen LogP contribution in [-0.2, 0) is 22.1 Å². The quantitative estimate of drug-likeness (QED) is 0.746. The van der Waals surface area contributed by atoms with Crippen molar-refractivity contribution in [1.82, 2.24) is 9.97 Å². The van der Waals surface area contributed by atoms with Gasteiger partial charge in [0.2, 0.25) is 5.82 Å². The van der Waals surface area contributed by atoms with Crippen molar-refractivity contribution >= 4 is 5.97 Å². The Labute approximate surface area is 140 Å². The van der Waals surface area contributed by atoms with Gasteiger partial charge in [-0.15, -0.1) is 0 Å². The molecule has 0 aromatic carbocycles. The van der Waals surface area contributed by atoms with Crippen molar-refractivity contribution in [1.29, 1.82) is 0 Å². The predicted octanol–water partition coefficient (Wildman–Crippen LogP) is 4.63. The standard InChI is InChI=1S/C17H25F3N2O2/c1-9(2)13-11(8-12(23)24-16(5,6)7)14(10(3)4)22-15(21-13)17(18,19)20/h9-10H,8H2,1-7H3. The molecule has 1 rings (SSSR count). The van der Waals surface area contributed by atoms with Gasteiger partial charge in [0.25, 0.3) is 0 Å². The Balaban J connectivity index is 3.43. The summed E-state index contributed by atoms with van der Waals surface area (Å²) < 4.78 is 44.5. The van der Waals surface area contributed by atoms with Gasteiger partial charge >= 0.3 is 12.1 Å². The number of alkyl halides is 3. The highest BCUT2D eigenvalue weighted by molar-refractivity contribution is 5.73. The molecule has 4 nitrogen and oxygen atoms in total. The highest BCUT2D eigenvalue weighted by atomic mass is 19.4. The molecule has 0 aliphatic rings. The molecule has 1 aromatic rings. The van der Waals surface area contributed by atoms with Crippen LogP contribution in [0.3, 0.4) is 0 Å². The molecule has 0 saturated carbocycles. The Morgan fingerprint density at radius 3 is 1.71 bits per heavy atom. The van der Waals surface area contributed by atoms with Gasteiger partial charge in [0.15, 0.2) is 0 Å². The minimum atomic E-state index is -4.63. The van der Waals surface area contributed by atoms with Gasteiger partial charge in [-0.1, -0.05) is 27.7 Å². The van der Waals surface area contributed by atoms with Crippen molar-refractivity contribution in [3.8, 4) is 0 Å². The molecule has 24 heavy (non-hydrogen) atoms. The molecular weight excluding hydrogens is 321 g/mol. The van der Waals surface area contributed by atoms with Crippen LogP contribution in [0.5, 0.6) is 0 Å². The first-order valence-electron chi connectivity index (χ1n) is 7.92. The molecule has 0 aliphatic carbocycles. The molecule has 0 unspecified atom stereocenters. The molecule has 1 aromatic heterocycles. The molecule has 0 amide bonds. The van der Waals surface area contributed by atoms with Gasteiger partial charge in [-0.05, 0) is 32.6 Å². The fourth-order valence-corrected chi connectivity index (χ4v) is 2.30. The SMILES string of the molecule is CC(C)c1nc(C(F)(F)F)nc(C(C)C)c1CC(=O)OC(C)(C)C. The van der Waals surface area contributed by atoms with E-state index in [4.69, 9.17) is 4.74 Å². The first kappa shape index (κ1) is 20.4. The van der Waals surface area contributed by atoms with E-state index in [1.807, 2.05) is 0 Å². The Morgan fingerprint density at radius 2 is 1.42 bits per heavy atom. The summed E-state index contributed by atoms with van der Waals surface area (Å²) in [5, 5.41) is 0. The summed E-state index contributed by atoms with van der Waals surface area (Å²) in [6, 6.07) is 0. The molecule has 0 spiro atoms. The lowest BCUT2D eigenvalue weighted by molar-refractivity contribution is -0.153. The minimum Gasteiger partial charge on any atom is -0.460 e. The highest BCUT2D eigenvalue weighted by Crippen LogP contribution is 2.32. The number of carbonyl (C=O) groups is 1. The van der Waals surface area contributed by atoms with Crippen molar-refractivity contribution in [2.24, 2.45) is 0 Å². The van der Waals surface area contributed by atoms with E-state index in [9.17, 15) is 18.0 Å². The van der Waals surface area contributed by atoms with Gasteiger partial charge in [-0.2, -0.15) is 13.2 Å². The molecule has 7 heteroatoms. The maximum atomic E-state index is 13.1. The van der Waals surface area contributed by atoms with Crippen LogP contribution in [0.4, 0.5) is 13.2 Å². The van der Waals surface area contributed by atoms with Crippen LogP contribution in [0.1, 0.15) is 83.1 Å². The van der Waals surface area contributed by atoms with Crippen LogP contribution in [0, 0.1) is 0 Å². The van der Waals surface area contributed by atoms with Gasteiger partial charge < -0.3 is 4.74 Å². The van der Waals surface area contributed by atoms with Crippen LogP contribution in [-0.4, -0.2) is 21.5 Å². The van der Waals surface area contributed by atoms with E-state index in [0.717, 1.165) is 0 Å². The van der Waals surface area contributed by atoms with Crippen LogP contribution in [0.15, 0.2) is 0 Å². The van der Waals surface area contributed by atoms with Crippen LogP contribution >= 0.6 is 0 Å². The van der Waals surface area contributed by atoms with E-state index >= 15 is 0 Å². The number of carbonyl (C=O) groups excluding carboxylic acids is 1. The zero-order chi connectivity index (χ0) is 18.9. The lowest BCUT2D eigenvalue weighted by atomic mass is 9.94. The van der Waals surface area contributed by atoms with Crippen LogP contribution in [0.25, 0.3) is 0 Å². The summed E-state index contributed by atoms with van der Waals surface area (Å²) in [5.41, 5.74) is 0.251. The van der Waals surface area contributed by atoms with E-state index in [1.54, 1.807) is 48.5 Å².